The summed E-state index contributed by atoms with van der Waals surface area (Å²) in [4.78, 5) is 4.32. The fourth-order valence-electron chi connectivity index (χ4n) is 3.03. The van der Waals surface area contributed by atoms with Crippen LogP contribution in [0.5, 0.6) is 5.75 Å². The maximum absolute atomic E-state index is 13.3. The van der Waals surface area contributed by atoms with E-state index in [-0.39, 0.29) is 16.0 Å². The molecule has 25 heavy (non-hydrogen) atoms. The SMILES string of the molecule is COc1cc(C)c(S(=O)(=O)N2CCNCC2c2cccnc2)cc1Cl. The summed E-state index contributed by atoms with van der Waals surface area (Å²) in [5.74, 6) is 0.460. The Balaban J connectivity index is 2.05. The molecule has 1 aromatic heterocycles. The number of pyridine rings is 1. The van der Waals surface area contributed by atoms with Gasteiger partial charge in [-0.15, -0.1) is 0 Å². The summed E-state index contributed by atoms with van der Waals surface area (Å²) >= 11 is 6.17. The Morgan fingerprint density at radius 1 is 1.40 bits per heavy atom. The van der Waals surface area contributed by atoms with Crippen LogP contribution in [0.25, 0.3) is 0 Å². The highest BCUT2D eigenvalue weighted by atomic mass is 35.5. The Labute approximate surface area is 152 Å². The number of benzene rings is 1. The number of sulfonamides is 1. The molecule has 2 heterocycles. The highest BCUT2D eigenvalue weighted by Gasteiger charge is 2.35. The molecule has 2 aromatic rings. The molecule has 1 aromatic carbocycles. The van der Waals surface area contributed by atoms with Crippen LogP contribution in [0.15, 0.2) is 41.6 Å². The molecule has 6 nitrogen and oxygen atoms in total. The number of piperazine rings is 1. The van der Waals surface area contributed by atoms with E-state index in [0.717, 1.165) is 5.56 Å². The smallest absolute Gasteiger partial charge is 0.244 e. The van der Waals surface area contributed by atoms with E-state index in [1.54, 1.807) is 25.4 Å². The van der Waals surface area contributed by atoms with Gasteiger partial charge < -0.3 is 10.1 Å². The molecule has 0 saturated carbocycles. The van der Waals surface area contributed by atoms with Crippen molar-refractivity contribution >= 4 is 21.6 Å². The van der Waals surface area contributed by atoms with Gasteiger partial charge in [-0.3, -0.25) is 4.98 Å². The van der Waals surface area contributed by atoms with Gasteiger partial charge in [0.25, 0.3) is 0 Å². The minimum atomic E-state index is -3.71. The Kier molecular flexibility index (Phi) is 5.29. The van der Waals surface area contributed by atoms with Crippen LogP contribution >= 0.6 is 11.6 Å². The van der Waals surface area contributed by atoms with Crippen LogP contribution in [0.4, 0.5) is 0 Å². The van der Waals surface area contributed by atoms with Crippen molar-refractivity contribution in [1.82, 2.24) is 14.6 Å². The molecule has 1 saturated heterocycles. The number of ether oxygens (including phenoxy) is 1. The number of hydrogen-bond donors (Lipinski definition) is 1. The van der Waals surface area contributed by atoms with Crippen LogP contribution < -0.4 is 10.1 Å². The first-order valence-corrected chi connectivity index (χ1v) is 9.73. The van der Waals surface area contributed by atoms with Crippen molar-refractivity contribution in [1.29, 1.82) is 0 Å². The van der Waals surface area contributed by atoms with E-state index >= 15 is 0 Å². The Hall–Kier alpha value is -1.67. The third kappa shape index (κ3) is 3.50. The molecular weight excluding hydrogens is 362 g/mol. The predicted octanol–water partition coefficient (Wildman–Crippen LogP) is 2.39. The lowest BCUT2D eigenvalue weighted by molar-refractivity contribution is 0.271. The summed E-state index contributed by atoms with van der Waals surface area (Å²) in [5.41, 5.74) is 1.46. The monoisotopic (exact) mass is 381 g/mol. The summed E-state index contributed by atoms with van der Waals surface area (Å²) in [6.07, 6.45) is 3.38. The van der Waals surface area contributed by atoms with Crippen molar-refractivity contribution in [2.24, 2.45) is 0 Å². The number of hydrogen-bond acceptors (Lipinski definition) is 5. The quantitative estimate of drug-likeness (QED) is 0.880. The Bertz CT molecular complexity index is 859. The van der Waals surface area contributed by atoms with Gasteiger partial charge in [-0.25, -0.2) is 8.42 Å². The lowest BCUT2D eigenvalue weighted by atomic mass is 10.1. The minimum absolute atomic E-state index is 0.203. The van der Waals surface area contributed by atoms with Crippen LogP contribution in [0.1, 0.15) is 17.2 Å². The van der Waals surface area contributed by atoms with Crippen LogP contribution in [0.3, 0.4) is 0 Å². The number of halogens is 1. The molecule has 0 radical (unpaired) electrons. The number of methoxy groups -OCH3 is 1. The molecule has 0 bridgehead atoms. The van der Waals surface area contributed by atoms with E-state index in [2.05, 4.69) is 10.3 Å². The van der Waals surface area contributed by atoms with E-state index in [0.29, 0.717) is 30.9 Å². The zero-order chi connectivity index (χ0) is 18.0. The summed E-state index contributed by atoms with van der Waals surface area (Å²) in [6, 6.07) is 6.50. The fourth-order valence-corrected chi connectivity index (χ4v) is 5.18. The normalized spacial score (nSPS) is 18.9. The third-order valence-electron chi connectivity index (χ3n) is 4.30. The average Bonchev–Trinajstić information content (AvgIpc) is 2.64. The van der Waals surface area contributed by atoms with Gasteiger partial charge in [0.1, 0.15) is 5.75 Å². The summed E-state index contributed by atoms with van der Waals surface area (Å²) in [6.45, 7) is 3.25. The lowest BCUT2D eigenvalue weighted by Gasteiger charge is -2.35. The Morgan fingerprint density at radius 2 is 2.20 bits per heavy atom. The molecule has 1 N–H and O–H groups in total. The van der Waals surface area contributed by atoms with Crippen molar-refractivity contribution in [3.8, 4) is 5.75 Å². The second-order valence-electron chi connectivity index (χ2n) is 5.87. The van der Waals surface area contributed by atoms with Crippen molar-refractivity contribution in [3.63, 3.8) is 0 Å². The third-order valence-corrected chi connectivity index (χ3v) is 6.65. The number of rotatable bonds is 4. The van der Waals surface area contributed by atoms with E-state index in [1.807, 2.05) is 12.1 Å². The van der Waals surface area contributed by atoms with Crippen LogP contribution in [0.2, 0.25) is 5.02 Å². The molecule has 0 spiro atoms. The molecule has 1 fully saturated rings. The Morgan fingerprint density at radius 3 is 2.88 bits per heavy atom. The van der Waals surface area contributed by atoms with E-state index < -0.39 is 10.0 Å². The maximum Gasteiger partial charge on any atom is 0.244 e. The van der Waals surface area contributed by atoms with Gasteiger partial charge >= 0.3 is 0 Å². The standard InChI is InChI=1S/C17H20ClN3O3S/c1-12-8-16(24-2)14(18)9-17(12)25(22,23)21-7-6-20-11-15(21)13-4-3-5-19-10-13/h3-5,8-10,15,20H,6-7,11H2,1-2H3. The van der Waals surface area contributed by atoms with E-state index in [9.17, 15) is 8.42 Å². The maximum atomic E-state index is 13.3. The zero-order valence-electron chi connectivity index (χ0n) is 14.1. The largest absolute Gasteiger partial charge is 0.495 e. The second kappa shape index (κ2) is 7.29. The summed E-state index contributed by atoms with van der Waals surface area (Å²) in [5, 5.41) is 3.53. The molecule has 1 unspecified atom stereocenters. The minimum Gasteiger partial charge on any atom is -0.495 e. The van der Waals surface area contributed by atoms with Crippen LogP contribution in [-0.4, -0.2) is 44.5 Å². The highest BCUT2D eigenvalue weighted by Crippen LogP contribution is 2.34. The first-order valence-electron chi connectivity index (χ1n) is 7.91. The van der Waals surface area contributed by atoms with E-state index in [4.69, 9.17) is 16.3 Å². The highest BCUT2D eigenvalue weighted by molar-refractivity contribution is 7.89. The second-order valence-corrected chi connectivity index (χ2v) is 8.14. The average molecular weight is 382 g/mol. The molecule has 1 aliphatic rings. The van der Waals surface area contributed by atoms with Gasteiger partial charge in [-0.1, -0.05) is 17.7 Å². The molecular formula is C17H20ClN3O3S. The molecule has 1 atom stereocenters. The molecule has 8 heteroatoms. The van der Waals surface area contributed by atoms with Crippen LogP contribution in [0, 0.1) is 6.92 Å². The van der Waals surface area contributed by atoms with Gasteiger partial charge in [0, 0.05) is 32.0 Å². The molecule has 0 amide bonds. The van der Waals surface area contributed by atoms with Gasteiger partial charge in [-0.2, -0.15) is 4.31 Å². The van der Waals surface area contributed by atoms with Gasteiger partial charge in [0.15, 0.2) is 0 Å². The topological polar surface area (TPSA) is 71.5 Å². The number of aromatic nitrogens is 1. The van der Waals surface area contributed by atoms with Crippen molar-refractivity contribution < 1.29 is 13.2 Å². The number of nitrogens with zero attached hydrogens (tertiary/aromatic N) is 2. The summed E-state index contributed by atoms with van der Waals surface area (Å²) in [7, 11) is -2.21. The van der Waals surface area contributed by atoms with Crippen LogP contribution in [-0.2, 0) is 10.0 Å². The zero-order valence-corrected chi connectivity index (χ0v) is 15.6. The van der Waals surface area contributed by atoms with Gasteiger partial charge in [0.05, 0.1) is 23.1 Å². The molecule has 0 aliphatic carbocycles. The molecule has 3 rings (SSSR count). The van der Waals surface area contributed by atoms with Gasteiger partial charge in [-0.05, 0) is 36.2 Å². The molecule has 1 aliphatic heterocycles. The number of nitrogens with one attached hydrogen (secondary N) is 1. The first kappa shape index (κ1) is 18.1. The van der Waals surface area contributed by atoms with Crippen molar-refractivity contribution in [3.05, 3.63) is 52.8 Å². The molecule has 134 valence electrons. The fraction of sp³-hybridized carbons (Fsp3) is 0.353. The predicted molar refractivity (Wildman–Crippen MR) is 96.5 cm³/mol. The first-order chi connectivity index (χ1) is 11.9. The van der Waals surface area contributed by atoms with Crippen molar-refractivity contribution in [2.75, 3.05) is 26.7 Å². The van der Waals surface area contributed by atoms with Crippen molar-refractivity contribution in [2.45, 2.75) is 17.9 Å². The summed E-state index contributed by atoms with van der Waals surface area (Å²) < 4.78 is 33.3. The van der Waals surface area contributed by atoms with Gasteiger partial charge in [0.2, 0.25) is 10.0 Å². The number of aryl methyl sites for hydroxylation is 1. The lowest BCUT2D eigenvalue weighted by Crippen LogP contribution is -2.48. The van der Waals surface area contributed by atoms with E-state index in [1.165, 1.54) is 17.5 Å².